The molecule has 5 atom stereocenters. The van der Waals surface area contributed by atoms with Gasteiger partial charge in [0, 0.05) is 5.41 Å². The Morgan fingerprint density at radius 2 is 1.83 bits per heavy atom. The van der Waals surface area contributed by atoms with Gasteiger partial charge >= 0.3 is 5.97 Å². The third-order valence-corrected chi connectivity index (χ3v) is 14.4. The molecule has 5 nitrogen and oxygen atoms in total. The highest BCUT2D eigenvalue weighted by molar-refractivity contribution is 6.74. The number of fused-ring (bicyclic) bond motifs is 5. The Balaban J connectivity index is 1.63. The molecule has 0 aliphatic heterocycles. The molecule has 2 saturated carbocycles. The van der Waals surface area contributed by atoms with Crippen LogP contribution < -0.4 is 4.43 Å². The van der Waals surface area contributed by atoms with Crippen molar-refractivity contribution in [3.05, 3.63) is 28.8 Å². The molecule has 1 aromatic rings. The zero-order chi connectivity index (χ0) is 26.6. The lowest BCUT2D eigenvalue weighted by Crippen LogP contribution is -2.44. The van der Waals surface area contributed by atoms with E-state index in [2.05, 4.69) is 52.9 Å². The molecule has 0 saturated heterocycles. The summed E-state index contributed by atoms with van der Waals surface area (Å²) in [4.78, 5) is 38.4. The van der Waals surface area contributed by atoms with Crippen molar-refractivity contribution in [1.29, 1.82) is 0 Å². The van der Waals surface area contributed by atoms with Gasteiger partial charge in [-0.3, -0.25) is 9.59 Å². The zero-order valence-corrected chi connectivity index (χ0v) is 24.5. The fourth-order valence-corrected chi connectivity index (χ4v) is 7.88. The second-order valence-corrected chi connectivity index (χ2v) is 17.7. The first-order chi connectivity index (χ1) is 16.7. The van der Waals surface area contributed by atoms with Crippen LogP contribution in [0.15, 0.2) is 12.1 Å². The van der Waals surface area contributed by atoms with Gasteiger partial charge in [0.25, 0.3) is 0 Å². The van der Waals surface area contributed by atoms with E-state index in [0.717, 1.165) is 37.9 Å². The summed E-state index contributed by atoms with van der Waals surface area (Å²) >= 11 is 0. The highest BCUT2D eigenvalue weighted by Gasteiger charge is 2.60. The Hall–Kier alpha value is -1.95. The second-order valence-electron chi connectivity index (χ2n) is 13.0. The van der Waals surface area contributed by atoms with Crippen LogP contribution in [-0.4, -0.2) is 32.5 Å². The topological polar surface area (TPSA) is 69.7 Å². The third kappa shape index (κ3) is 4.37. The van der Waals surface area contributed by atoms with Crippen LogP contribution in [0.4, 0.5) is 0 Å². The van der Waals surface area contributed by atoms with E-state index in [-0.39, 0.29) is 23.3 Å². The van der Waals surface area contributed by atoms with Crippen molar-refractivity contribution in [3.8, 4) is 5.75 Å². The van der Waals surface area contributed by atoms with E-state index in [4.69, 9.17) is 9.16 Å². The van der Waals surface area contributed by atoms with E-state index in [1.54, 1.807) is 6.92 Å². The summed E-state index contributed by atoms with van der Waals surface area (Å²) in [5.74, 6) is -0.448. The van der Waals surface area contributed by atoms with Crippen molar-refractivity contribution >= 4 is 25.9 Å². The maximum Gasteiger partial charge on any atom is 0.375 e. The summed E-state index contributed by atoms with van der Waals surface area (Å²) in [6, 6.07) is 4.70. The molecule has 1 aromatic carbocycles. The predicted octanol–water partition coefficient (Wildman–Crippen LogP) is 6.42. The lowest BCUT2D eigenvalue weighted by Gasteiger charge is -2.48. The van der Waals surface area contributed by atoms with E-state index in [1.165, 1.54) is 16.7 Å². The molecular formula is C30H44O5Si. The number of esters is 1. The van der Waals surface area contributed by atoms with Crippen LogP contribution >= 0.6 is 0 Å². The van der Waals surface area contributed by atoms with Crippen molar-refractivity contribution in [2.75, 3.05) is 6.61 Å². The van der Waals surface area contributed by atoms with Gasteiger partial charge in [0.1, 0.15) is 11.5 Å². The molecule has 3 aliphatic carbocycles. The molecule has 3 aliphatic rings. The number of hydrogen-bond donors (Lipinski definition) is 0. The predicted molar refractivity (Wildman–Crippen MR) is 144 cm³/mol. The molecule has 4 unspecified atom stereocenters. The van der Waals surface area contributed by atoms with Gasteiger partial charge in [-0.05, 0) is 104 Å². The van der Waals surface area contributed by atoms with Crippen LogP contribution in [0, 0.1) is 23.2 Å². The summed E-state index contributed by atoms with van der Waals surface area (Å²) in [6.07, 6.45) is 5.10. The van der Waals surface area contributed by atoms with Gasteiger partial charge in [-0.1, -0.05) is 40.7 Å². The van der Waals surface area contributed by atoms with E-state index in [9.17, 15) is 14.4 Å². The van der Waals surface area contributed by atoms with E-state index in [0.29, 0.717) is 18.3 Å². The summed E-state index contributed by atoms with van der Waals surface area (Å²) in [5, 5.41) is 0.138. The largest absolute Gasteiger partial charge is 0.543 e. The Bertz CT molecular complexity index is 1070. The van der Waals surface area contributed by atoms with Crippen molar-refractivity contribution in [2.45, 2.75) is 104 Å². The average Bonchev–Trinajstić information content (AvgIpc) is 3.08. The molecule has 0 amide bonds. The van der Waals surface area contributed by atoms with Gasteiger partial charge in [-0.2, -0.15) is 0 Å². The highest BCUT2D eigenvalue weighted by Crippen LogP contribution is 2.61. The standard InChI is InChI=1S/C30H44O5Si/c1-9-18-15-22-19(16-25(18)35-36(7,8)29(3,4)5)11-12-21-20(22)13-14-30(6)24(21)17-23(27(30)32)26(31)28(33)34-10-2/h15-16,20-21,23-24H,9-14,17H2,1-8H3/t20?,21?,23?,24?,30-/m0/s1. The van der Waals surface area contributed by atoms with Gasteiger partial charge < -0.3 is 9.16 Å². The number of aryl methyl sites for hydroxylation is 2. The molecular weight excluding hydrogens is 468 g/mol. The number of benzene rings is 1. The third-order valence-electron chi connectivity index (χ3n) is 10.0. The smallest absolute Gasteiger partial charge is 0.375 e. The number of carbonyl (C=O) groups is 3. The molecule has 0 bridgehead atoms. The van der Waals surface area contributed by atoms with E-state index >= 15 is 0 Å². The summed E-state index contributed by atoms with van der Waals surface area (Å²) < 4.78 is 11.7. The van der Waals surface area contributed by atoms with Gasteiger partial charge in [0.15, 0.2) is 0 Å². The fraction of sp³-hybridized carbons (Fsp3) is 0.700. The van der Waals surface area contributed by atoms with Crippen molar-refractivity contribution in [2.24, 2.45) is 23.2 Å². The first-order valence-electron chi connectivity index (χ1n) is 13.8. The maximum absolute atomic E-state index is 13.4. The lowest BCUT2D eigenvalue weighted by molar-refractivity contribution is -0.156. The molecule has 0 aromatic heterocycles. The van der Waals surface area contributed by atoms with Crippen LogP contribution in [0.1, 0.15) is 89.8 Å². The Morgan fingerprint density at radius 3 is 2.44 bits per heavy atom. The Kier molecular flexibility index (Phi) is 7.08. The molecule has 0 radical (unpaired) electrons. The first-order valence-corrected chi connectivity index (χ1v) is 16.8. The molecule has 4 rings (SSSR count). The Labute approximate surface area is 217 Å². The van der Waals surface area contributed by atoms with E-state index < -0.39 is 31.4 Å². The summed E-state index contributed by atoms with van der Waals surface area (Å²) in [5.41, 5.74) is 3.55. The van der Waals surface area contributed by atoms with E-state index in [1.807, 2.05) is 6.92 Å². The van der Waals surface area contributed by atoms with Crippen LogP contribution in [0.3, 0.4) is 0 Å². The quantitative estimate of drug-likeness (QED) is 0.190. The zero-order valence-electron chi connectivity index (χ0n) is 23.5. The Morgan fingerprint density at radius 1 is 1.14 bits per heavy atom. The summed E-state index contributed by atoms with van der Waals surface area (Å²) in [6.45, 7) is 17.5. The average molecular weight is 513 g/mol. The maximum atomic E-state index is 13.4. The second kappa shape index (κ2) is 9.41. The molecule has 0 heterocycles. The molecule has 0 N–H and O–H groups in total. The fourth-order valence-electron chi connectivity index (χ4n) is 6.84. The number of Topliss-reactive ketones (excluding diaryl/α,β-unsaturated/α-hetero) is 2. The minimum absolute atomic E-state index is 0.0397. The monoisotopic (exact) mass is 512 g/mol. The molecule has 36 heavy (non-hydrogen) atoms. The minimum atomic E-state index is -1.95. The molecule has 2 fully saturated rings. The van der Waals surface area contributed by atoms with Crippen molar-refractivity contribution in [3.63, 3.8) is 0 Å². The number of carbonyl (C=O) groups excluding carboxylic acids is 3. The molecule has 198 valence electrons. The van der Waals surface area contributed by atoms with Gasteiger partial charge in [0.05, 0.1) is 12.5 Å². The molecule has 6 heteroatoms. The number of ether oxygens (including phenoxy) is 1. The van der Waals surface area contributed by atoms with Crippen LogP contribution in [0.25, 0.3) is 0 Å². The van der Waals surface area contributed by atoms with Crippen LogP contribution in [0.5, 0.6) is 5.75 Å². The minimum Gasteiger partial charge on any atom is -0.543 e. The molecule has 0 spiro atoms. The normalized spacial score (nSPS) is 29.7. The van der Waals surface area contributed by atoms with Gasteiger partial charge in [-0.15, -0.1) is 0 Å². The number of rotatable bonds is 6. The highest BCUT2D eigenvalue weighted by atomic mass is 28.4. The first kappa shape index (κ1) is 27.1. The number of hydrogen-bond acceptors (Lipinski definition) is 5. The SMILES string of the molecule is CCOC(=O)C(=O)C1CC2C3CCc4cc(O[Si](C)(C)C(C)(C)C)c(CC)cc4C3CC[C@]2(C)C1=O. The van der Waals surface area contributed by atoms with Gasteiger partial charge in [0.2, 0.25) is 14.1 Å². The lowest BCUT2D eigenvalue weighted by atomic mass is 9.55. The van der Waals surface area contributed by atoms with Gasteiger partial charge in [-0.25, -0.2) is 4.79 Å². The van der Waals surface area contributed by atoms with Crippen molar-refractivity contribution in [1.82, 2.24) is 0 Å². The summed E-state index contributed by atoms with van der Waals surface area (Å²) in [7, 11) is -1.95. The van der Waals surface area contributed by atoms with Crippen LogP contribution in [-0.2, 0) is 32.0 Å². The van der Waals surface area contributed by atoms with Crippen LogP contribution in [0.2, 0.25) is 18.1 Å². The van der Waals surface area contributed by atoms with Crippen molar-refractivity contribution < 1.29 is 23.5 Å². The number of ketones is 2.